The molecular weight excluding hydrogens is 538 g/mol. The van der Waals surface area contributed by atoms with Crippen LogP contribution in [0.4, 0.5) is 0 Å². The van der Waals surface area contributed by atoms with Gasteiger partial charge in [-0.3, -0.25) is 8.97 Å². The van der Waals surface area contributed by atoms with E-state index in [0.29, 0.717) is 5.95 Å². The first-order valence-corrected chi connectivity index (χ1v) is 14.8. The Morgan fingerprint density at radius 2 is 1.18 bits per heavy atom. The van der Waals surface area contributed by atoms with Crippen LogP contribution in [-0.2, 0) is 0 Å². The van der Waals surface area contributed by atoms with Gasteiger partial charge in [0.05, 0.1) is 33.3 Å². The second-order valence-corrected chi connectivity index (χ2v) is 11.3. The number of rotatable bonds is 2. The van der Waals surface area contributed by atoms with E-state index in [4.69, 9.17) is 15.0 Å². The van der Waals surface area contributed by atoms with E-state index in [2.05, 4.69) is 136 Å². The standard InChI is InChI=1S/C39H23N5/c1-2-12-26(13-3-1)36-30-21-19-24-10-4-6-14-27(24)37(30)42-39(41-36)44-34-22-35-40-32-16-8-9-17-33(32)43(35)23-31(34)29-20-18-25-11-5-7-15-28(25)38(29)44/h1-23H. The summed E-state index contributed by atoms with van der Waals surface area (Å²) in [5, 5.41) is 7.91. The number of aromatic nitrogens is 5. The number of benzene rings is 6. The lowest BCUT2D eigenvalue weighted by molar-refractivity contribution is 1.02. The zero-order chi connectivity index (χ0) is 28.8. The summed E-state index contributed by atoms with van der Waals surface area (Å²) in [5.74, 6) is 0.643. The highest BCUT2D eigenvalue weighted by Crippen LogP contribution is 2.39. The molecule has 10 rings (SSSR count). The minimum Gasteiger partial charge on any atom is -0.299 e. The molecule has 44 heavy (non-hydrogen) atoms. The van der Waals surface area contributed by atoms with Crippen LogP contribution in [0.3, 0.4) is 0 Å². The van der Waals surface area contributed by atoms with Crippen LogP contribution in [0.1, 0.15) is 0 Å². The van der Waals surface area contributed by atoms with Crippen molar-refractivity contribution in [2.45, 2.75) is 0 Å². The van der Waals surface area contributed by atoms with E-state index in [1.165, 1.54) is 5.39 Å². The molecule has 5 heteroatoms. The first kappa shape index (κ1) is 23.5. The number of nitrogens with zero attached hydrogens (tertiary/aromatic N) is 5. The van der Waals surface area contributed by atoms with Gasteiger partial charge in [0.2, 0.25) is 5.95 Å². The third-order valence-electron chi connectivity index (χ3n) is 8.90. The summed E-state index contributed by atoms with van der Waals surface area (Å²) < 4.78 is 4.45. The van der Waals surface area contributed by atoms with Crippen LogP contribution in [0.2, 0.25) is 0 Å². The third-order valence-corrected chi connectivity index (χ3v) is 8.90. The highest BCUT2D eigenvalue weighted by molar-refractivity contribution is 6.19. The van der Waals surface area contributed by atoms with Crippen LogP contribution in [0.25, 0.3) is 88.1 Å². The van der Waals surface area contributed by atoms with Gasteiger partial charge in [0.1, 0.15) is 5.65 Å². The lowest BCUT2D eigenvalue weighted by Crippen LogP contribution is -2.04. The Morgan fingerprint density at radius 1 is 0.477 bits per heavy atom. The zero-order valence-corrected chi connectivity index (χ0v) is 23.5. The third kappa shape index (κ3) is 3.21. The molecule has 0 amide bonds. The minimum atomic E-state index is 0.643. The normalized spacial score (nSPS) is 12.1. The molecule has 204 valence electrons. The first-order chi connectivity index (χ1) is 21.8. The Labute approximate surface area is 251 Å². The smallest absolute Gasteiger partial charge is 0.235 e. The lowest BCUT2D eigenvalue weighted by Gasteiger charge is -2.14. The van der Waals surface area contributed by atoms with Gasteiger partial charge in [-0.1, -0.05) is 109 Å². The second-order valence-electron chi connectivity index (χ2n) is 11.3. The van der Waals surface area contributed by atoms with Gasteiger partial charge < -0.3 is 0 Å². The van der Waals surface area contributed by atoms with Gasteiger partial charge in [-0.15, -0.1) is 0 Å². The summed E-state index contributed by atoms with van der Waals surface area (Å²) in [6.07, 6.45) is 2.22. The van der Waals surface area contributed by atoms with E-state index >= 15 is 0 Å². The summed E-state index contributed by atoms with van der Waals surface area (Å²) in [4.78, 5) is 15.8. The molecule has 0 atom stereocenters. The van der Waals surface area contributed by atoms with Crippen LogP contribution in [0.5, 0.6) is 0 Å². The molecule has 0 aliphatic carbocycles. The van der Waals surface area contributed by atoms with Crippen molar-refractivity contribution >= 4 is 70.9 Å². The SMILES string of the molecule is c1ccc(-c2nc(-n3c4cc5nc6ccccc6n5cc4c4ccc5ccccc5c43)nc3c2ccc2ccccc23)cc1. The molecule has 0 saturated heterocycles. The van der Waals surface area contributed by atoms with Gasteiger partial charge >= 0.3 is 0 Å². The number of hydrogen-bond donors (Lipinski definition) is 0. The summed E-state index contributed by atoms with van der Waals surface area (Å²) in [5.41, 5.74) is 7.98. The predicted octanol–water partition coefficient (Wildman–Crippen LogP) is 9.50. The van der Waals surface area contributed by atoms with Crippen LogP contribution >= 0.6 is 0 Å². The number of pyridine rings is 1. The highest BCUT2D eigenvalue weighted by atomic mass is 15.2. The molecule has 4 aromatic heterocycles. The molecule has 0 aliphatic rings. The van der Waals surface area contributed by atoms with Gasteiger partial charge in [0.25, 0.3) is 0 Å². The van der Waals surface area contributed by atoms with Crippen molar-refractivity contribution in [3.63, 3.8) is 0 Å². The Morgan fingerprint density at radius 3 is 2.05 bits per heavy atom. The van der Waals surface area contributed by atoms with E-state index in [-0.39, 0.29) is 0 Å². The molecule has 0 aliphatic heterocycles. The van der Waals surface area contributed by atoms with E-state index in [1.54, 1.807) is 0 Å². The highest BCUT2D eigenvalue weighted by Gasteiger charge is 2.21. The number of hydrogen-bond acceptors (Lipinski definition) is 3. The van der Waals surface area contributed by atoms with Gasteiger partial charge in [0.15, 0.2) is 0 Å². The van der Waals surface area contributed by atoms with E-state index in [1.807, 2.05) is 12.1 Å². The molecule has 0 bridgehead atoms. The average molecular weight is 562 g/mol. The maximum absolute atomic E-state index is 5.39. The van der Waals surface area contributed by atoms with Gasteiger partial charge in [0, 0.05) is 44.8 Å². The second kappa shape index (κ2) is 8.72. The fourth-order valence-electron chi connectivity index (χ4n) is 6.90. The zero-order valence-electron chi connectivity index (χ0n) is 23.5. The molecule has 4 heterocycles. The maximum Gasteiger partial charge on any atom is 0.235 e. The molecule has 0 saturated carbocycles. The number of imidazole rings is 1. The Kier molecular flexibility index (Phi) is 4.66. The Balaban J connectivity index is 1.42. The quantitative estimate of drug-likeness (QED) is 0.198. The fourth-order valence-corrected chi connectivity index (χ4v) is 6.90. The summed E-state index contributed by atoms with van der Waals surface area (Å²) in [7, 11) is 0. The van der Waals surface area contributed by atoms with Crippen LogP contribution in [0.15, 0.2) is 140 Å². The molecule has 5 nitrogen and oxygen atoms in total. The van der Waals surface area contributed by atoms with Crippen LogP contribution in [0, 0.1) is 0 Å². The van der Waals surface area contributed by atoms with E-state index in [0.717, 1.165) is 76.8 Å². The fraction of sp³-hybridized carbons (Fsp3) is 0. The minimum absolute atomic E-state index is 0.643. The number of para-hydroxylation sites is 2. The van der Waals surface area contributed by atoms with E-state index < -0.39 is 0 Å². The molecule has 0 fully saturated rings. The first-order valence-electron chi connectivity index (χ1n) is 14.8. The van der Waals surface area contributed by atoms with Crippen molar-refractivity contribution in [3.8, 4) is 17.2 Å². The van der Waals surface area contributed by atoms with Crippen molar-refractivity contribution < 1.29 is 0 Å². The Bertz CT molecular complexity index is 2770. The monoisotopic (exact) mass is 561 g/mol. The molecule has 0 unspecified atom stereocenters. The van der Waals surface area contributed by atoms with Crippen molar-refractivity contribution in [3.05, 3.63) is 140 Å². The average Bonchev–Trinajstić information content (AvgIpc) is 3.62. The van der Waals surface area contributed by atoms with Crippen LogP contribution < -0.4 is 0 Å². The van der Waals surface area contributed by atoms with Gasteiger partial charge in [-0.05, 0) is 29.0 Å². The molecule has 10 aromatic rings. The van der Waals surface area contributed by atoms with Crippen molar-refractivity contribution in [2.24, 2.45) is 0 Å². The number of fused-ring (bicyclic) bond motifs is 11. The topological polar surface area (TPSA) is 48.0 Å². The van der Waals surface area contributed by atoms with Crippen molar-refractivity contribution in [1.29, 1.82) is 0 Å². The summed E-state index contributed by atoms with van der Waals surface area (Å²) in [6.45, 7) is 0. The predicted molar refractivity (Wildman–Crippen MR) is 181 cm³/mol. The molecule has 0 N–H and O–H groups in total. The van der Waals surface area contributed by atoms with Crippen molar-refractivity contribution in [2.75, 3.05) is 0 Å². The molecule has 0 spiro atoms. The Hall–Kier alpha value is -6.07. The van der Waals surface area contributed by atoms with Crippen LogP contribution in [-0.4, -0.2) is 23.9 Å². The molecular formula is C39H23N5. The largest absolute Gasteiger partial charge is 0.299 e. The summed E-state index contributed by atoms with van der Waals surface area (Å²) >= 11 is 0. The lowest BCUT2D eigenvalue weighted by atomic mass is 10.0. The van der Waals surface area contributed by atoms with Gasteiger partial charge in [-0.25, -0.2) is 15.0 Å². The summed E-state index contributed by atoms with van der Waals surface area (Å²) in [6, 6.07) is 46.7. The van der Waals surface area contributed by atoms with Crippen molar-refractivity contribution in [1.82, 2.24) is 23.9 Å². The maximum atomic E-state index is 5.39. The van der Waals surface area contributed by atoms with Gasteiger partial charge in [-0.2, -0.15) is 0 Å². The van der Waals surface area contributed by atoms with E-state index in [9.17, 15) is 0 Å². The molecule has 0 radical (unpaired) electrons. The molecule has 6 aromatic carbocycles.